The topological polar surface area (TPSA) is 86.8 Å². The van der Waals surface area contributed by atoms with Crippen molar-refractivity contribution >= 4 is 23.2 Å². The highest BCUT2D eigenvalue weighted by atomic mass is 32.1. The van der Waals surface area contributed by atoms with E-state index in [9.17, 15) is 22.8 Å². The van der Waals surface area contributed by atoms with Gasteiger partial charge in [0.2, 0.25) is 0 Å². The highest BCUT2D eigenvalue weighted by Gasteiger charge is 2.30. The molecule has 1 aromatic heterocycles. The van der Waals surface area contributed by atoms with Crippen molar-refractivity contribution in [3.63, 3.8) is 0 Å². The Bertz CT molecular complexity index is 1180. The van der Waals surface area contributed by atoms with Gasteiger partial charge < -0.3 is 19.5 Å². The molecule has 0 bridgehead atoms. The number of nitrogens with zero attached hydrogens (tertiary/aromatic N) is 1. The minimum Gasteiger partial charge on any atom is -0.493 e. The number of rotatable bonds is 8. The van der Waals surface area contributed by atoms with Gasteiger partial charge in [0.1, 0.15) is 9.88 Å². The maximum Gasteiger partial charge on any atom is 0.416 e. The van der Waals surface area contributed by atoms with Crippen LogP contribution in [-0.2, 0) is 22.3 Å². The number of hydrogen-bond acceptors (Lipinski definition) is 7. The number of nitrogens with one attached hydrogen (secondary N) is 1. The lowest BCUT2D eigenvalue weighted by Gasteiger charge is -2.10. The predicted octanol–water partition coefficient (Wildman–Crippen LogP) is 4.63. The summed E-state index contributed by atoms with van der Waals surface area (Å²) in [4.78, 5) is 28.9. The molecule has 34 heavy (non-hydrogen) atoms. The molecule has 0 radical (unpaired) electrons. The zero-order chi connectivity index (χ0) is 24.9. The third kappa shape index (κ3) is 6.04. The first kappa shape index (κ1) is 25.0. The van der Waals surface area contributed by atoms with Crippen molar-refractivity contribution in [2.45, 2.75) is 19.6 Å². The van der Waals surface area contributed by atoms with Crippen LogP contribution in [0.25, 0.3) is 10.6 Å². The van der Waals surface area contributed by atoms with Crippen molar-refractivity contribution in [1.29, 1.82) is 0 Å². The number of halogens is 3. The minimum atomic E-state index is -4.44. The molecule has 0 atom stereocenters. The molecule has 0 aliphatic heterocycles. The Balaban J connectivity index is 1.57. The number of aryl methyl sites for hydroxylation is 1. The summed E-state index contributed by atoms with van der Waals surface area (Å²) in [7, 11) is 3.02. The number of alkyl halides is 3. The van der Waals surface area contributed by atoms with Gasteiger partial charge in [-0.2, -0.15) is 13.2 Å². The summed E-state index contributed by atoms with van der Waals surface area (Å²) in [6.07, 6.45) is -4.44. The van der Waals surface area contributed by atoms with Gasteiger partial charge in [-0.15, -0.1) is 11.3 Å². The van der Waals surface area contributed by atoms with E-state index in [1.165, 1.54) is 26.4 Å². The second kappa shape index (κ2) is 10.6. The molecule has 3 aromatic rings. The molecule has 0 aliphatic carbocycles. The van der Waals surface area contributed by atoms with Crippen molar-refractivity contribution in [3.05, 3.63) is 64.2 Å². The van der Waals surface area contributed by atoms with E-state index >= 15 is 0 Å². The van der Waals surface area contributed by atoms with Crippen molar-refractivity contribution in [2.75, 3.05) is 20.8 Å². The smallest absolute Gasteiger partial charge is 0.416 e. The number of carbonyl (C=O) groups is 2. The van der Waals surface area contributed by atoms with Gasteiger partial charge in [-0.3, -0.25) is 4.79 Å². The van der Waals surface area contributed by atoms with E-state index in [1.807, 2.05) is 0 Å². The van der Waals surface area contributed by atoms with Crippen molar-refractivity contribution in [3.8, 4) is 22.1 Å². The first-order chi connectivity index (χ1) is 16.1. The monoisotopic (exact) mass is 494 g/mol. The molecule has 1 heterocycles. The molecule has 0 saturated heterocycles. The standard InChI is InChI=1S/C23H21F3N2O5S/c1-13-20(34-21(28-13)15-5-7-16(8-6-15)23(24,25)26)22(30)33-12-19(29)27-11-14-4-9-17(31-2)18(10-14)32-3/h4-10H,11-12H2,1-3H3,(H,27,29). The lowest BCUT2D eigenvalue weighted by molar-refractivity contribution is -0.137. The average Bonchev–Trinajstić information content (AvgIpc) is 3.22. The van der Waals surface area contributed by atoms with Crippen molar-refractivity contribution in [2.24, 2.45) is 0 Å². The quantitative estimate of drug-likeness (QED) is 0.460. The average molecular weight is 494 g/mol. The highest BCUT2D eigenvalue weighted by molar-refractivity contribution is 7.17. The Labute approximate surface area is 197 Å². The predicted molar refractivity (Wildman–Crippen MR) is 119 cm³/mol. The fraction of sp³-hybridized carbons (Fsp3) is 0.261. The number of amides is 1. The van der Waals surface area contributed by atoms with E-state index in [0.717, 1.165) is 29.0 Å². The normalized spacial score (nSPS) is 11.1. The van der Waals surface area contributed by atoms with E-state index in [-0.39, 0.29) is 11.4 Å². The summed E-state index contributed by atoms with van der Waals surface area (Å²) in [6.45, 7) is 1.27. The van der Waals surface area contributed by atoms with Gasteiger partial charge >= 0.3 is 12.1 Å². The molecule has 0 saturated carbocycles. The maximum absolute atomic E-state index is 12.7. The summed E-state index contributed by atoms with van der Waals surface area (Å²) in [5, 5.41) is 3.01. The Hall–Kier alpha value is -3.60. The second-order valence-electron chi connectivity index (χ2n) is 7.05. The van der Waals surface area contributed by atoms with Gasteiger partial charge in [0.15, 0.2) is 18.1 Å². The minimum absolute atomic E-state index is 0.169. The molecule has 1 N–H and O–H groups in total. The van der Waals surface area contributed by atoms with E-state index in [4.69, 9.17) is 14.2 Å². The van der Waals surface area contributed by atoms with Gasteiger partial charge in [-0.1, -0.05) is 18.2 Å². The number of esters is 1. The lowest BCUT2D eigenvalue weighted by Crippen LogP contribution is -2.28. The van der Waals surface area contributed by atoms with Gasteiger partial charge in [-0.25, -0.2) is 9.78 Å². The zero-order valence-electron chi connectivity index (χ0n) is 18.5. The van der Waals surface area contributed by atoms with E-state index < -0.39 is 30.2 Å². The number of aromatic nitrogens is 1. The second-order valence-corrected chi connectivity index (χ2v) is 8.05. The van der Waals surface area contributed by atoms with Crippen LogP contribution in [0, 0.1) is 6.92 Å². The molecule has 0 spiro atoms. The number of thiazole rings is 1. The Morgan fingerprint density at radius 2 is 1.71 bits per heavy atom. The van der Waals surface area contributed by atoms with Crippen LogP contribution < -0.4 is 14.8 Å². The molecule has 7 nitrogen and oxygen atoms in total. The SMILES string of the molecule is COc1ccc(CNC(=O)COC(=O)c2sc(-c3ccc(C(F)(F)F)cc3)nc2C)cc1OC. The van der Waals surface area contributed by atoms with Crippen LogP contribution in [0.1, 0.15) is 26.5 Å². The van der Waals surface area contributed by atoms with Crippen LogP contribution in [0.2, 0.25) is 0 Å². The molecular formula is C23H21F3N2O5S. The first-order valence-electron chi connectivity index (χ1n) is 9.92. The zero-order valence-corrected chi connectivity index (χ0v) is 19.3. The highest BCUT2D eigenvalue weighted by Crippen LogP contribution is 2.33. The molecule has 3 rings (SSSR count). The first-order valence-corrected chi connectivity index (χ1v) is 10.7. The molecular weight excluding hydrogens is 473 g/mol. The largest absolute Gasteiger partial charge is 0.493 e. The molecule has 11 heteroatoms. The number of ether oxygens (including phenoxy) is 3. The lowest BCUT2D eigenvalue weighted by atomic mass is 10.1. The summed E-state index contributed by atoms with van der Waals surface area (Å²) in [5.74, 6) is -0.171. The van der Waals surface area contributed by atoms with Crippen LogP contribution in [0.4, 0.5) is 13.2 Å². The molecule has 2 aromatic carbocycles. The third-order valence-corrected chi connectivity index (χ3v) is 5.90. The van der Waals surface area contributed by atoms with E-state index in [0.29, 0.717) is 27.8 Å². The van der Waals surface area contributed by atoms with Gasteiger partial charge in [0.25, 0.3) is 5.91 Å². The van der Waals surface area contributed by atoms with Gasteiger partial charge in [0, 0.05) is 12.1 Å². The molecule has 180 valence electrons. The Morgan fingerprint density at radius 3 is 2.32 bits per heavy atom. The summed E-state index contributed by atoms with van der Waals surface area (Å²) >= 11 is 0.979. The van der Waals surface area contributed by atoms with Gasteiger partial charge in [0.05, 0.1) is 25.5 Å². The van der Waals surface area contributed by atoms with Crippen LogP contribution in [-0.4, -0.2) is 37.7 Å². The molecule has 0 fully saturated rings. The van der Waals surface area contributed by atoms with Gasteiger partial charge in [-0.05, 0) is 36.8 Å². The number of benzene rings is 2. The van der Waals surface area contributed by atoms with Crippen LogP contribution >= 0.6 is 11.3 Å². The summed E-state index contributed by atoms with van der Waals surface area (Å²) < 4.78 is 53.7. The van der Waals surface area contributed by atoms with Crippen molar-refractivity contribution in [1.82, 2.24) is 10.3 Å². The van der Waals surface area contributed by atoms with Crippen molar-refractivity contribution < 1.29 is 37.0 Å². The van der Waals surface area contributed by atoms with E-state index in [1.54, 1.807) is 25.1 Å². The van der Waals surface area contributed by atoms with Crippen LogP contribution in [0.5, 0.6) is 11.5 Å². The molecule has 0 unspecified atom stereocenters. The molecule has 1 amide bonds. The third-order valence-electron chi connectivity index (χ3n) is 4.71. The summed E-state index contributed by atoms with van der Waals surface area (Å²) in [6, 6.07) is 9.67. The number of methoxy groups -OCH3 is 2. The van der Waals surface area contributed by atoms with E-state index in [2.05, 4.69) is 10.3 Å². The molecule has 0 aliphatic rings. The Kier molecular flexibility index (Phi) is 7.77. The number of hydrogen-bond donors (Lipinski definition) is 1. The fourth-order valence-corrected chi connectivity index (χ4v) is 3.92. The van der Waals surface area contributed by atoms with Crippen LogP contribution in [0.3, 0.4) is 0 Å². The Morgan fingerprint density at radius 1 is 1.03 bits per heavy atom. The maximum atomic E-state index is 12.7. The number of carbonyl (C=O) groups excluding carboxylic acids is 2. The summed E-state index contributed by atoms with van der Waals surface area (Å²) in [5.41, 5.74) is 0.781. The van der Waals surface area contributed by atoms with Crippen LogP contribution in [0.15, 0.2) is 42.5 Å². The fourth-order valence-electron chi connectivity index (χ4n) is 2.95.